The summed E-state index contributed by atoms with van der Waals surface area (Å²) in [6.45, 7) is 16.3. The number of benzene rings is 3. The second-order valence-electron chi connectivity index (χ2n) is 11.8. The Kier molecular flexibility index (Phi) is 18.4. The number of halogens is 4. The van der Waals surface area contributed by atoms with Crippen molar-refractivity contribution in [2.24, 2.45) is 20.0 Å². The van der Waals surface area contributed by atoms with Crippen LogP contribution < -0.4 is 0 Å². The molecule has 0 radical (unpaired) electrons. The zero-order valence-electron chi connectivity index (χ0n) is 30.1. The second-order valence-corrected chi connectivity index (χ2v) is 15.4. The molecular weight excluding hydrogens is 818 g/mol. The molecule has 274 valence electrons. The van der Waals surface area contributed by atoms with Gasteiger partial charge in [-0.25, -0.2) is 9.97 Å². The number of aryl methyl sites for hydroxylation is 4. The number of hydrogen-bond donors (Lipinski definition) is 0. The monoisotopic (exact) mass is 856 g/mol. The third-order valence-electron chi connectivity index (χ3n) is 7.71. The molecule has 0 N–H and O–H groups in total. The molecule has 2 heterocycles. The number of hydrogen-bond acceptors (Lipinski definition) is 6. The number of aromatic nitrogens is 2. The van der Waals surface area contributed by atoms with Crippen molar-refractivity contribution in [3.05, 3.63) is 142 Å². The third-order valence-corrected chi connectivity index (χ3v) is 7.71. The average Bonchev–Trinajstić information content (AvgIpc) is 3.12. The second kappa shape index (κ2) is 22.1. The number of aliphatic imine (C=N–C) groups is 4. The van der Waals surface area contributed by atoms with Gasteiger partial charge in [0.15, 0.2) is 0 Å². The van der Waals surface area contributed by atoms with E-state index in [4.69, 9.17) is 70.3 Å². The van der Waals surface area contributed by atoms with Gasteiger partial charge in [0.05, 0.1) is 68.4 Å². The Hall–Kier alpha value is -3.16. The number of rotatable bonds is 8. The van der Waals surface area contributed by atoms with Gasteiger partial charge in [-0.2, -0.15) is 0 Å². The maximum absolute atomic E-state index is 4.85. The van der Waals surface area contributed by atoms with Crippen molar-refractivity contribution >= 4 is 86.0 Å². The molecule has 0 unspecified atom stereocenters. The summed E-state index contributed by atoms with van der Waals surface area (Å²) in [7, 11) is 19.1. The molecule has 52 heavy (non-hydrogen) atoms. The fourth-order valence-corrected chi connectivity index (χ4v) is 5.12. The molecule has 0 fully saturated rings. The predicted molar refractivity (Wildman–Crippen MR) is 218 cm³/mol. The fraction of sp³-hybridized carbons (Fsp3) is 0.200. The Balaban J connectivity index is 0.00000114. The summed E-state index contributed by atoms with van der Waals surface area (Å²) in [5.74, 6) is 0. The van der Waals surface area contributed by atoms with Crippen molar-refractivity contribution < 1.29 is 26.3 Å². The standard InChI is InChI=1S/C40H40N6.4ClH.2Fe/c1-25-15-21-35(27(3)23-25)43-31(7)39-13-9-11-37(45-39)29(5)41-33-17-19-34(20-18-33)42-30(6)38-12-10-14-40(46-38)32(8)44-36-22-16-26(2)24-28(36)4;;;;;;/h9-24H,1-8H3;4*1H;;/q;;;;;2*+2/p-4. The molecule has 12 heteroatoms. The van der Waals surface area contributed by atoms with Gasteiger partial charge < -0.3 is 0 Å². The van der Waals surface area contributed by atoms with Crippen LogP contribution in [0.25, 0.3) is 0 Å². The summed E-state index contributed by atoms with van der Waals surface area (Å²) in [5, 5.41) is 0. The van der Waals surface area contributed by atoms with E-state index in [0.717, 1.165) is 79.5 Å². The van der Waals surface area contributed by atoms with E-state index in [1.165, 1.54) is 11.1 Å². The van der Waals surface area contributed by atoms with Gasteiger partial charge in [0.25, 0.3) is 0 Å². The molecule has 2 aromatic heterocycles. The van der Waals surface area contributed by atoms with Crippen LogP contribution in [0, 0.1) is 27.7 Å². The van der Waals surface area contributed by atoms with Gasteiger partial charge in [0.1, 0.15) is 0 Å². The summed E-state index contributed by atoms with van der Waals surface area (Å²) >= 11 is 0.389. The first-order valence-corrected chi connectivity index (χ1v) is 22.1. The van der Waals surface area contributed by atoms with E-state index >= 15 is 0 Å². The van der Waals surface area contributed by atoms with Gasteiger partial charge >= 0.3 is 66.7 Å². The number of pyridine rings is 2. The summed E-state index contributed by atoms with van der Waals surface area (Å²) in [6.07, 6.45) is 0. The van der Waals surface area contributed by atoms with Crippen molar-refractivity contribution in [3.63, 3.8) is 0 Å². The molecule has 0 saturated heterocycles. The molecule has 0 aliphatic carbocycles. The zero-order chi connectivity index (χ0) is 38.2. The van der Waals surface area contributed by atoms with Gasteiger partial charge in [-0.15, -0.1) is 0 Å². The predicted octanol–water partition coefficient (Wildman–Crippen LogP) is 13.0. The molecule has 0 amide bonds. The van der Waals surface area contributed by atoms with E-state index in [0.29, 0.717) is 0 Å². The SMILES string of the molecule is CC(=Nc1ccc(N=C(C)c2cccc(C(C)=Nc3ccc(C)cc3C)n2)cc1)c1cccc(C(C)=Nc2ccc(C)cc2C)n1.[Cl][Fe][Cl].[Cl][Fe][Cl]. The minimum absolute atomic E-state index is 0.194. The van der Waals surface area contributed by atoms with Gasteiger partial charge in [0.2, 0.25) is 0 Å². The zero-order valence-corrected chi connectivity index (χ0v) is 35.4. The van der Waals surface area contributed by atoms with Crippen molar-refractivity contribution in [2.45, 2.75) is 55.4 Å². The van der Waals surface area contributed by atoms with Crippen LogP contribution >= 0.6 is 40.4 Å². The first-order valence-electron chi connectivity index (χ1n) is 16.0. The molecule has 5 rings (SSSR count). The van der Waals surface area contributed by atoms with E-state index in [-0.39, 0.29) is 26.3 Å². The van der Waals surface area contributed by atoms with Crippen molar-refractivity contribution in [1.29, 1.82) is 0 Å². The molecule has 5 aromatic rings. The van der Waals surface area contributed by atoms with Gasteiger partial charge in [0, 0.05) is 0 Å². The summed E-state index contributed by atoms with van der Waals surface area (Å²) < 4.78 is 0. The van der Waals surface area contributed by atoms with Crippen molar-refractivity contribution in [1.82, 2.24) is 9.97 Å². The van der Waals surface area contributed by atoms with Crippen LogP contribution in [0.4, 0.5) is 22.7 Å². The molecule has 0 spiro atoms. The molecule has 0 saturated carbocycles. The average molecular weight is 858 g/mol. The molecule has 0 bridgehead atoms. The minimum atomic E-state index is 0.194. The van der Waals surface area contributed by atoms with Crippen LogP contribution in [-0.4, -0.2) is 32.8 Å². The number of nitrogens with zero attached hydrogens (tertiary/aromatic N) is 6. The van der Waals surface area contributed by atoms with Crippen LogP contribution in [-0.2, 0) is 26.3 Å². The van der Waals surface area contributed by atoms with Crippen molar-refractivity contribution in [3.8, 4) is 0 Å². The van der Waals surface area contributed by atoms with Crippen molar-refractivity contribution in [2.75, 3.05) is 0 Å². The molecule has 6 nitrogen and oxygen atoms in total. The van der Waals surface area contributed by atoms with Crippen LogP contribution in [0.15, 0.2) is 117 Å². The van der Waals surface area contributed by atoms with E-state index < -0.39 is 0 Å². The van der Waals surface area contributed by atoms with E-state index in [1.54, 1.807) is 0 Å². The Morgan fingerprint density at radius 1 is 0.442 bits per heavy atom. The van der Waals surface area contributed by atoms with E-state index in [1.807, 2.05) is 88.4 Å². The quantitative estimate of drug-likeness (QED) is 0.115. The topological polar surface area (TPSA) is 75.2 Å². The molecule has 0 aliphatic heterocycles. The summed E-state index contributed by atoms with van der Waals surface area (Å²) in [6, 6.07) is 32.3. The van der Waals surface area contributed by atoms with Gasteiger partial charge in [-0.3, -0.25) is 20.0 Å². The Labute approximate surface area is 337 Å². The molecule has 3 aromatic carbocycles. The van der Waals surface area contributed by atoms with Crippen LogP contribution in [0.5, 0.6) is 0 Å². The summed E-state index contributed by atoms with van der Waals surface area (Å²) in [4.78, 5) is 29.0. The first-order chi connectivity index (χ1) is 24.9. The maximum atomic E-state index is 4.85. The third kappa shape index (κ3) is 13.7. The first kappa shape index (κ1) is 43.2. The van der Waals surface area contributed by atoms with Crippen LogP contribution in [0.3, 0.4) is 0 Å². The van der Waals surface area contributed by atoms with E-state index in [2.05, 4.69) is 64.1 Å². The van der Waals surface area contributed by atoms with Gasteiger partial charge in [-0.05, 0) is 127 Å². The van der Waals surface area contributed by atoms with Crippen LogP contribution in [0.2, 0.25) is 0 Å². The molecule has 0 aliphatic rings. The fourth-order valence-electron chi connectivity index (χ4n) is 5.12. The van der Waals surface area contributed by atoms with E-state index in [9.17, 15) is 0 Å². The Morgan fingerprint density at radius 3 is 1.02 bits per heavy atom. The van der Waals surface area contributed by atoms with Gasteiger partial charge in [-0.1, -0.05) is 47.5 Å². The summed E-state index contributed by atoms with van der Waals surface area (Å²) in [5.41, 5.74) is 15.0. The Bertz CT molecular complexity index is 1930. The molecule has 0 atom stereocenters. The Morgan fingerprint density at radius 2 is 0.731 bits per heavy atom. The molecular formula is C40H40Cl4Fe2N6. The van der Waals surface area contributed by atoms with Crippen LogP contribution in [0.1, 0.15) is 72.7 Å². The normalized spacial score (nSPS) is 12.2.